The number of H-pyrrole nitrogens is 1. The van der Waals surface area contributed by atoms with Crippen molar-refractivity contribution in [3.8, 4) is 0 Å². The number of aromatic nitrogens is 2. The molecule has 2 fully saturated rings. The van der Waals surface area contributed by atoms with E-state index < -0.39 is 0 Å². The fourth-order valence-corrected chi connectivity index (χ4v) is 3.80. The molecule has 2 aromatic rings. The van der Waals surface area contributed by atoms with Crippen molar-refractivity contribution in [3.63, 3.8) is 0 Å². The molecule has 1 aliphatic heterocycles. The molecule has 1 saturated heterocycles. The Morgan fingerprint density at radius 2 is 2.21 bits per heavy atom. The Morgan fingerprint density at radius 3 is 3.04 bits per heavy atom. The number of fused-ring (bicyclic) bond motifs is 1. The van der Waals surface area contributed by atoms with Gasteiger partial charge in [-0.15, -0.1) is 0 Å². The van der Waals surface area contributed by atoms with Gasteiger partial charge in [0.15, 0.2) is 5.82 Å². The van der Waals surface area contributed by atoms with Gasteiger partial charge < -0.3 is 10.1 Å². The van der Waals surface area contributed by atoms with Gasteiger partial charge >= 0.3 is 0 Å². The number of hydrogen-bond donors (Lipinski definition) is 2. The molecule has 2 heterocycles. The lowest BCUT2D eigenvalue weighted by atomic mass is 10.1. The summed E-state index contributed by atoms with van der Waals surface area (Å²) in [4.78, 5) is 15.1. The number of ether oxygens (including phenoxy) is 1. The van der Waals surface area contributed by atoms with Crippen LogP contribution in [-0.4, -0.2) is 52.8 Å². The topological polar surface area (TPSA) is 70.2 Å². The second-order valence-corrected chi connectivity index (χ2v) is 6.52. The Labute approximate surface area is 139 Å². The lowest BCUT2D eigenvalue weighted by molar-refractivity contribution is -0.129. The Kier molecular flexibility index (Phi) is 4.20. The van der Waals surface area contributed by atoms with Gasteiger partial charge in [0.1, 0.15) is 11.9 Å². The lowest BCUT2D eigenvalue weighted by Crippen LogP contribution is -2.55. The molecular weight excluding hydrogens is 311 g/mol. The highest BCUT2D eigenvalue weighted by Gasteiger charge is 2.35. The van der Waals surface area contributed by atoms with Gasteiger partial charge in [-0.2, -0.15) is 5.10 Å². The molecule has 1 aliphatic carbocycles. The zero-order chi connectivity index (χ0) is 16.5. The number of benzene rings is 1. The quantitative estimate of drug-likeness (QED) is 0.905. The second kappa shape index (κ2) is 6.49. The third kappa shape index (κ3) is 2.89. The van der Waals surface area contributed by atoms with Gasteiger partial charge in [-0.25, -0.2) is 4.39 Å². The van der Waals surface area contributed by atoms with E-state index in [9.17, 15) is 9.18 Å². The number of nitrogens with zero attached hydrogens (tertiary/aromatic N) is 2. The van der Waals surface area contributed by atoms with Crippen LogP contribution in [0, 0.1) is 5.82 Å². The fourth-order valence-electron chi connectivity index (χ4n) is 3.80. The Balaban J connectivity index is 1.53. The summed E-state index contributed by atoms with van der Waals surface area (Å²) in [6.07, 6.45) is 4.75. The SMILES string of the molecule is O=C(Nc1n[nH]c2cc(F)ccc12)[C@H]1COCCN1C1CCCC1. The Morgan fingerprint density at radius 1 is 1.38 bits per heavy atom. The second-order valence-electron chi connectivity index (χ2n) is 6.52. The molecule has 128 valence electrons. The van der Waals surface area contributed by atoms with Crippen LogP contribution >= 0.6 is 0 Å². The molecule has 0 radical (unpaired) electrons. The molecular formula is C17H21FN4O2. The van der Waals surface area contributed by atoms with Crippen LogP contribution in [0.15, 0.2) is 18.2 Å². The first-order valence-electron chi connectivity index (χ1n) is 8.50. The highest BCUT2D eigenvalue weighted by atomic mass is 19.1. The summed E-state index contributed by atoms with van der Waals surface area (Å²) in [6.45, 7) is 1.86. The van der Waals surface area contributed by atoms with Crippen LogP contribution in [0.1, 0.15) is 25.7 Å². The summed E-state index contributed by atoms with van der Waals surface area (Å²) < 4.78 is 18.8. The van der Waals surface area contributed by atoms with Gasteiger partial charge in [-0.3, -0.25) is 14.8 Å². The number of hydrogen-bond acceptors (Lipinski definition) is 4. The number of carbonyl (C=O) groups is 1. The highest BCUT2D eigenvalue weighted by Crippen LogP contribution is 2.27. The molecule has 1 saturated carbocycles. The van der Waals surface area contributed by atoms with E-state index in [1.165, 1.54) is 25.0 Å². The van der Waals surface area contributed by atoms with Gasteiger partial charge in [0.25, 0.3) is 0 Å². The van der Waals surface area contributed by atoms with Crippen molar-refractivity contribution < 1.29 is 13.9 Å². The van der Waals surface area contributed by atoms with Gasteiger partial charge in [0, 0.05) is 18.0 Å². The zero-order valence-corrected chi connectivity index (χ0v) is 13.4. The van der Waals surface area contributed by atoms with E-state index in [0.29, 0.717) is 36.0 Å². The summed E-state index contributed by atoms with van der Waals surface area (Å²) in [5.74, 6) is -0.0108. The van der Waals surface area contributed by atoms with E-state index >= 15 is 0 Å². The molecule has 1 aromatic carbocycles. The molecule has 1 aromatic heterocycles. The van der Waals surface area contributed by atoms with Gasteiger partial charge in [-0.1, -0.05) is 12.8 Å². The molecule has 1 amide bonds. The predicted molar refractivity (Wildman–Crippen MR) is 88.3 cm³/mol. The molecule has 0 unspecified atom stereocenters. The predicted octanol–water partition coefficient (Wildman–Crippen LogP) is 2.28. The molecule has 0 spiro atoms. The van der Waals surface area contributed by atoms with Crippen LogP contribution in [0.5, 0.6) is 0 Å². The fraction of sp³-hybridized carbons (Fsp3) is 0.529. The Bertz CT molecular complexity index is 741. The number of nitrogens with one attached hydrogen (secondary N) is 2. The number of carbonyl (C=O) groups excluding carboxylic acids is 1. The molecule has 2 N–H and O–H groups in total. The van der Waals surface area contributed by atoms with Crippen LogP contribution in [0.25, 0.3) is 10.9 Å². The monoisotopic (exact) mass is 332 g/mol. The van der Waals surface area contributed by atoms with E-state index in [1.807, 2.05) is 0 Å². The first-order valence-corrected chi connectivity index (χ1v) is 8.50. The van der Waals surface area contributed by atoms with Crippen LogP contribution in [0.3, 0.4) is 0 Å². The van der Waals surface area contributed by atoms with Crippen molar-refractivity contribution in [2.75, 3.05) is 25.1 Å². The Hall–Kier alpha value is -1.99. The van der Waals surface area contributed by atoms with Gasteiger partial charge in [0.05, 0.1) is 18.7 Å². The zero-order valence-electron chi connectivity index (χ0n) is 13.4. The van der Waals surface area contributed by atoms with E-state index in [1.54, 1.807) is 6.07 Å². The molecule has 0 bridgehead atoms. The van der Waals surface area contributed by atoms with Crippen molar-refractivity contribution in [2.45, 2.75) is 37.8 Å². The van der Waals surface area contributed by atoms with Crippen molar-refractivity contribution >= 4 is 22.6 Å². The summed E-state index contributed by atoms with van der Waals surface area (Å²) in [6, 6.07) is 4.52. The average molecular weight is 332 g/mol. The summed E-state index contributed by atoms with van der Waals surface area (Å²) in [5, 5.41) is 10.4. The standard InChI is InChI=1S/C17H21FN4O2/c18-11-5-6-13-14(9-11)20-21-16(13)19-17(23)15-10-24-8-7-22(15)12-3-1-2-4-12/h5-6,9,12,15H,1-4,7-8,10H2,(H2,19,20,21,23)/t15-/m1/s1. The first-order chi connectivity index (χ1) is 11.7. The van der Waals surface area contributed by atoms with Crippen molar-refractivity contribution in [3.05, 3.63) is 24.0 Å². The summed E-state index contributed by atoms with van der Waals surface area (Å²) in [7, 11) is 0. The first kappa shape index (κ1) is 15.5. The summed E-state index contributed by atoms with van der Waals surface area (Å²) in [5.41, 5.74) is 0.567. The van der Waals surface area contributed by atoms with Crippen LogP contribution < -0.4 is 5.32 Å². The van der Waals surface area contributed by atoms with Crippen molar-refractivity contribution in [2.24, 2.45) is 0 Å². The summed E-state index contributed by atoms with van der Waals surface area (Å²) >= 11 is 0. The largest absolute Gasteiger partial charge is 0.378 e. The molecule has 1 atom stereocenters. The average Bonchev–Trinajstić information content (AvgIpc) is 3.25. The molecule has 4 rings (SSSR count). The molecule has 24 heavy (non-hydrogen) atoms. The maximum atomic E-state index is 13.3. The third-order valence-electron chi connectivity index (χ3n) is 5.03. The van der Waals surface area contributed by atoms with E-state index in [2.05, 4.69) is 20.4 Å². The van der Waals surface area contributed by atoms with E-state index in [0.717, 1.165) is 19.4 Å². The van der Waals surface area contributed by atoms with Crippen LogP contribution in [0.4, 0.5) is 10.2 Å². The van der Waals surface area contributed by atoms with Crippen molar-refractivity contribution in [1.82, 2.24) is 15.1 Å². The number of anilines is 1. The van der Waals surface area contributed by atoms with Gasteiger partial charge in [-0.05, 0) is 31.0 Å². The number of halogens is 1. The lowest BCUT2D eigenvalue weighted by Gasteiger charge is -2.38. The highest BCUT2D eigenvalue weighted by molar-refractivity contribution is 6.01. The minimum atomic E-state index is -0.336. The molecule has 6 nitrogen and oxygen atoms in total. The van der Waals surface area contributed by atoms with E-state index in [4.69, 9.17) is 4.74 Å². The normalized spacial score (nSPS) is 23.0. The molecule has 7 heteroatoms. The van der Waals surface area contributed by atoms with Crippen LogP contribution in [-0.2, 0) is 9.53 Å². The smallest absolute Gasteiger partial charge is 0.245 e. The number of rotatable bonds is 3. The van der Waals surface area contributed by atoms with Gasteiger partial charge in [0.2, 0.25) is 5.91 Å². The number of morpholine rings is 1. The minimum absolute atomic E-state index is 0.112. The van der Waals surface area contributed by atoms with E-state index in [-0.39, 0.29) is 17.8 Å². The maximum Gasteiger partial charge on any atom is 0.245 e. The number of aromatic amines is 1. The van der Waals surface area contributed by atoms with Crippen molar-refractivity contribution in [1.29, 1.82) is 0 Å². The third-order valence-corrected chi connectivity index (χ3v) is 5.03. The maximum absolute atomic E-state index is 13.3. The minimum Gasteiger partial charge on any atom is -0.378 e. The molecule has 2 aliphatic rings. The van der Waals surface area contributed by atoms with Crippen LogP contribution in [0.2, 0.25) is 0 Å². The number of amides is 1.